The van der Waals surface area contributed by atoms with Crippen LogP contribution in [-0.2, 0) is 4.79 Å². The van der Waals surface area contributed by atoms with E-state index in [0.29, 0.717) is 12.8 Å². The number of carbonyl (C=O) groups is 1. The highest BCUT2D eigenvalue weighted by atomic mass is 35.5. The van der Waals surface area contributed by atoms with Crippen molar-refractivity contribution in [2.75, 3.05) is 0 Å². The summed E-state index contributed by atoms with van der Waals surface area (Å²) in [5.74, 6) is 0. The van der Waals surface area contributed by atoms with Crippen molar-refractivity contribution in [3.8, 4) is 0 Å². The molecule has 0 spiro atoms. The van der Waals surface area contributed by atoms with E-state index in [1.54, 1.807) is 0 Å². The minimum Gasteiger partial charge on any atom is -0.281 e. The number of hydrogen-bond donors (Lipinski definition) is 0. The molecule has 17 heavy (non-hydrogen) atoms. The minimum atomic E-state index is -4.01. The molecule has 0 fully saturated rings. The summed E-state index contributed by atoms with van der Waals surface area (Å²) in [6.45, 7) is 0. The maximum Gasteiger partial charge on any atom is 0.389 e. The van der Waals surface area contributed by atoms with Crippen LogP contribution in [0.4, 0.5) is 13.2 Å². The van der Waals surface area contributed by atoms with Crippen molar-refractivity contribution in [3.63, 3.8) is 0 Å². The van der Waals surface area contributed by atoms with E-state index >= 15 is 0 Å². The SMILES string of the molecule is O=C(Cl)CCCCCCCCCCC(F)(F)F. The summed E-state index contributed by atoms with van der Waals surface area (Å²) in [7, 11) is 0. The number of unbranched alkanes of at least 4 members (excludes halogenated alkanes) is 7. The molecule has 0 radical (unpaired) electrons. The number of carbonyl (C=O) groups excluding carboxylic acids is 1. The monoisotopic (exact) mass is 272 g/mol. The van der Waals surface area contributed by atoms with E-state index in [2.05, 4.69) is 0 Å². The molecule has 0 aromatic carbocycles. The number of rotatable bonds is 10. The van der Waals surface area contributed by atoms with Crippen LogP contribution in [-0.4, -0.2) is 11.4 Å². The lowest BCUT2D eigenvalue weighted by Gasteiger charge is -2.05. The van der Waals surface area contributed by atoms with Gasteiger partial charge in [0, 0.05) is 12.8 Å². The fourth-order valence-electron chi connectivity index (χ4n) is 1.65. The molecule has 0 aliphatic carbocycles. The fourth-order valence-corrected chi connectivity index (χ4v) is 1.78. The summed E-state index contributed by atoms with van der Waals surface area (Å²) in [5.41, 5.74) is 0. The van der Waals surface area contributed by atoms with E-state index in [-0.39, 0.29) is 11.7 Å². The van der Waals surface area contributed by atoms with Gasteiger partial charge in [0.25, 0.3) is 0 Å². The van der Waals surface area contributed by atoms with E-state index < -0.39 is 12.6 Å². The van der Waals surface area contributed by atoms with Crippen LogP contribution in [0.2, 0.25) is 0 Å². The Bertz CT molecular complexity index is 204. The van der Waals surface area contributed by atoms with Crippen molar-refractivity contribution in [1.29, 1.82) is 0 Å². The second kappa shape index (κ2) is 9.75. The van der Waals surface area contributed by atoms with Gasteiger partial charge in [-0.2, -0.15) is 13.2 Å². The molecule has 0 saturated heterocycles. The van der Waals surface area contributed by atoms with Crippen molar-refractivity contribution in [2.24, 2.45) is 0 Å². The first kappa shape index (κ1) is 16.8. The summed E-state index contributed by atoms with van der Waals surface area (Å²) in [6, 6.07) is 0. The van der Waals surface area contributed by atoms with Gasteiger partial charge in [-0.15, -0.1) is 0 Å². The third kappa shape index (κ3) is 15.8. The predicted octanol–water partition coefficient (Wildman–Crippen LogP) is 5.22. The Balaban J connectivity index is 3.06. The molecule has 0 N–H and O–H groups in total. The highest BCUT2D eigenvalue weighted by Crippen LogP contribution is 2.23. The molecule has 0 aromatic heterocycles. The van der Waals surface area contributed by atoms with Crippen LogP contribution in [0, 0.1) is 0 Å². The van der Waals surface area contributed by atoms with Crippen molar-refractivity contribution in [3.05, 3.63) is 0 Å². The highest BCUT2D eigenvalue weighted by molar-refractivity contribution is 6.63. The largest absolute Gasteiger partial charge is 0.389 e. The zero-order valence-corrected chi connectivity index (χ0v) is 10.7. The molecular weight excluding hydrogens is 253 g/mol. The Kier molecular flexibility index (Phi) is 9.60. The normalized spacial score (nSPS) is 11.8. The Morgan fingerprint density at radius 1 is 0.824 bits per heavy atom. The first-order chi connectivity index (χ1) is 7.92. The minimum absolute atomic E-state index is 0.240. The van der Waals surface area contributed by atoms with Crippen molar-refractivity contribution < 1.29 is 18.0 Å². The third-order valence-corrected chi connectivity index (χ3v) is 2.77. The summed E-state index contributed by atoms with van der Waals surface area (Å²) >= 11 is 5.18. The van der Waals surface area contributed by atoms with Crippen molar-refractivity contribution >= 4 is 16.8 Å². The maximum atomic E-state index is 11.8. The lowest BCUT2D eigenvalue weighted by molar-refractivity contribution is -0.135. The smallest absolute Gasteiger partial charge is 0.281 e. The van der Waals surface area contributed by atoms with Gasteiger partial charge in [0.1, 0.15) is 0 Å². The zero-order valence-electron chi connectivity index (χ0n) is 9.99. The molecule has 0 aliphatic heterocycles. The van der Waals surface area contributed by atoms with Crippen LogP contribution in [0.5, 0.6) is 0 Å². The molecule has 0 saturated carbocycles. The molecule has 0 aliphatic rings. The second-order valence-corrected chi connectivity index (χ2v) is 4.72. The molecule has 102 valence electrons. The molecule has 0 atom stereocenters. The maximum absolute atomic E-state index is 11.8. The van der Waals surface area contributed by atoms with Gasteiger partial charge >= 0.3 is 6.18 Å². The Morgan fingerprint density at radius 2 is 1.24 bits per heavy atom. The fraction of sp³-hybridized carbons (Fsp3) is 0.917. The van der Waals surface area contributed by atoms with E-state index in [1.807, 2.05) is 0 Å². The standard InChI is InChI=1S/C12H20ClF3O/c13-11(17)9-7-5-3-1-2-4-6-8-10-12(14,15)16/h1-10H2. The van der Waals surface area contributed by atoms with Crippen LogP contribution >= 0.6 is 11.6 Å². The van der Waals surface area contributed by atoms with Gasteiger partial charge in [-0.05, 0) is 24.4 Å². The van der Waals surface area contributed by atoms with Crippen molar-refractivity contribution in [1.82, 2.24) is 0 Å². The van der Waals surface area contributed by atoms with Gasteiger partial charge in [0.05, 0.1) is 0 Å². The summed E-state index contributed by atoms with van der Waals surface area (Å²) < 4.78 is 35.4. The first-order valence-electron chi connectivity index (χ1n) is 6.17. The van der Waals surface area contributed by atoms with Gasteiger partial charge in [0.15, 0.2) is 0 Å². The van der Waals surface area contributed by atoms with E-state index in [9.17, 15) is 18.0 Å². The molecule has 1 nitrogen and oxygen atoms in total. The molecule has 5 heteroatoms. The highest BCUT2D eigenvalue weighted by Gasteiger charge is 2.25. The molecule has 0 rings (SSSR count). The summed E-state index contributed by atoms with van der Waals surface area (Å²) in [6.07, 6.45) is 2.34. The quantitative estimate of drug-likeness (QED) is 0.394. The van der Waals surface area contributed by atoms with E-state index in [1.165, 1.54) is 0 Å². The van der Waals surface area contributed by atoms with Gasteiger partial charge in [-0.25, -0.2) is 0 Å². The van der Waals surface area contributed by atoms with E-state index in [0.717, 1.165) is 38.5 Å². The predicted molar refractivity (Wildman–Crippen MR) is 63.1 cm³/mol. The third-order valence-electron chi connectivity index (χ3n) is 2.58. The molecule has 0 heterocycles. The molecule has 0 aromatic rings. The van der Waals surface area contributed by atoms with Crippen LogP contribution in [0.1, 0.15) is 64.2 Å². The number of hydrogen-bond acceptors (Lipinski definition) is 1. The molecular formula is C12H20ClF3O. The van der Waals surface area contributed by atoms with Crippen LogP contribution in [0.15, 0.2) is 0 Å². The average molecular weight is 273 g/mol. The Hall–Kier alpha value is -0.250. The number of alkyl halides is 3. The Morgan fingerprint density at radius 3 is 1.65 bits per heavy atom. The average Bonchev–Trinajstić information content (AvgIpc) is 2.18. The van der Waals surface area contributed by atoms with E-state index in [4.69, 9.17) is 11.6 Å². The summed E-state index contributed by atoms with van der Waals surface area (Å²) in [5, 5.41) is -0.294. The van der Waals surface area contributed by atoms with Gasteiger partial charge in [0.2, 0.25) is 5.24 Å². The zero-order chi connectivity index (χ0) is 13.1. The Labute approximate surface area is 106 Å². The van der Waals surface area contributed by atoms with Crippen LogP contribution < -0.4 is 0 Å². The second-order valence-electron chi connectivity index (χ2n) is 4.30. The van der Waals surface area contributed by atoms with Gasteiger partial charge in [-0.3, -0.25) is 4.79 Å². The van der Waals surface area contributed by atoms with Crippen molar-refractivity contribution in [2.45, 2.75) is 70.4 Å². The number of halogens is 4. The summed E-state index contributed by atoms with van der Waals surface area (Å²) in [4.78, 5) is 10.4. The van der Waals surface area contributed by atoms with Gasteiger partial charge in [-0.1, -0.05) is 38.5 Å². The molecule has 0 bridgehead atoms. The van der Waals surface area contributed by atoms with Gasteiger partial charge < -0.3 is 0 Å². The van der Waals surface area contributed by atoms with Crippen LogP contribution in [0.25, 0.3) is 0 Å². The first-order valence-corrected chi connectivity index (χ1v) is 6.55. The lowest BCUT2D eigenvalue weighted by atomic mass is 10.1. The molecule has 0 unspecified atom stereocenters. The molecule has 0 amide bonds. The topological polar surface area (TPSA) is 17.1 Å². The van der Waals surface area contributed by atoms with Crippen LogP contribution in [0.3, 0.4) is 0 Å². The lowest BCUT2D eigenvalue weighted by Crippen LogP contribution is -2.06.